The number of ether oxygens (including phenoxy) is 2. The molecule has 1 amide bonds. The number of nitrogens with one attached hydrogen (secondary N) is 1. The Balaban J connectivity index is 1.72. The first-order chi connectivity index (χ1) is 14.4. The van der Waals surface area contributed by atoms with Crippen molar-refractivity contribution in [1.29, 1.82) is 0 Å². The zero-order valence-corrected chi connectivity index (χ0v) is 17.2. The van der Waals surface area contributed by atoms with E-state index in [9.17, 15) is 14.7 Å². The molecule has 158 valence electrons. The molecule has 0 aliphatic carbocycles. The molecule has 2 aromatic carbocycles. The van der Waals surface area contributed by atoms with Crippen LogP contribution in [-0.4, -0.2) is 37.4 Å². The number of amides is 1. The Morgan fingerprint density at radius 3 is 2.53 bits per heavy atom. The second kappa shape index (κ2) is 9.45. The van der Waals surface area contributed by atoms with Crippen molar-refractivity contribution in [3.05, 3.63) is 59.0 Å². The van der Waals surface area contributed by atoms with Gasteiger partial charge in [0, 0.05) is 5.39 Å². The lowest BCUT2D eigenvalue weighted by molar-refractivity contribution is -0.124. The summed E-state index contributed by atoms with van der Waals surface area (Å²) in [5.41, 5.74) is 1.03. The highest BCUT2D eigenvalue weighted by Crippen LogP contribution is 2.28. The van der Waals surface area contributed by atoms with Gasteiger partial charge in [-0.2, -0.15) is 0 Å². The fourth-order valence-electron chi connectivity index (χ4n) is 3.03. The number of methoxy groups -OCH3 is 1. The minimum atomic E-state index is -0.469. The number of rotatable bonds is 8. The van der Waals surface area contributed by atoms with Crippen molar-refractivity contribution in [3.8, 4) is 22.6 Å². The van der Waals surface area contributed by atoms with Gasteiger partial charge in [-0.15, -0.1) is 0 Å². The van der Waals surface area contributed by atoms with Crippen molar-refractivity contribution in [3.63, 3.8) is 0 Å². The monoisotopic (exact) mass is 411 g/mol. The molecule has 0 fully saturated rings. The molecule has 0 saturated heterocycles. The number of carbonyl (C=O) groups is 1. The van der Waals surface area contributed by atoms with Gasteiger partial charge in [-0.25, -0.2) is 4.79 Å². The van der Waals surface area contributed by atoms with Crippen molar-refractivity contribution in [2.45, 2.75) is 19.9 Å². The van der Waals surface area contributed by atoms with E-state index >= 15 is 0 Å². The molecule has 30 heavy (non-hydrogen) atoms. The lowest BCUT2D eigenvalue weighted by Crippen LogP contribution is -2.43. The van der Waals surface area contributed by atoms with Crippen molar-refractivity contribution in [2.75, 3.05) is 20.3 Å². The molecule has 0 aliphatic heterocycles. The highest BCUT2D eigenvalue weighted by Gasteiger charge is 2.15. The molecule has 1 aromatic heterocycles. The number of carbonyl (C=O) groups excluding carboxylic acids is 1. The Morgan fingerprint density at radius 1 is 1.17 bits per heavy atom. The van der Waals surface area contributed by atoms with Crippen molar-refractivity contribution in [1.82, 2.24) is 5.32 Å². The van der Waals surface area contributed by atoms with Crippen LogP contribution in [0.1, 0.15) is 13.8 Å². The SMILES string of the molecule is COc1cccc2cc(-c3ccc(OCC(=O)N[C@H](CO)C(C)C)cc3)c(=O)oc12. The molecule has 3 rings (SSSR count). The summed E-state index contributed by atoms with van der Waals surface area (Å²) in [6, 6.07) is 13.7. The zero-order chi connectivity index (χ0) is 21.7. The van der Waals surface area contributed by atoms with E-state index in [-0.39, 0.29) is 31.1 Å². The lowest BCUT2D eigenvalue weighted by atomic mass is 10.1. The van der Waals surface area contributed by atoms with Crippen LogP contribution in [0.4, 0.5) is 0 Å². The molecule has 2 N–H and O–H groups in total. The molecule has 7 nitrogen and oxygen atoms in total. The first-order valence-corrected chi connectivity index (χ1v) is 9.67. The Kier molecular flexibility index (Phi) is 6.74. The molecule has 7 heteroatoms. The third-order valence-corrected chi connectivity index (χ3v) is 4.83. The first-order valence-electron chi connectivity index (χ1n) is 9.67. The Labute approximate surface area is 174 Å². The smallest absolute Gasteiger partial charge is 0.344 e. The highest BCUT2D eigenvalue weighted by molar-refractivity contribution is 5.86. The van der Waals surface area contributed by atoms with Gasteiger partial charge < -0.3 is 24.3 Å². The average Bonchev–Trinajstić information content (AvgIpc) is 2.75. The van der Waals surface area contributed by atoms with Gasteiger partial charge in [0.05, 0.1) is 25.3 Å². The van der Waals surface area contributed by atoms with Crippen molar-refractivity contribution in [2.24, 2.45) is 5.92 Å². The summed E-state index contributed by atoms with van der Waals surface area (Å²) >= 11 is 0. The van der Waals surface area contributed by atoms with Crippen LogP contribution in [0.25, 0.3) is 22.1 Å². The zero-order valence-electron chi connectivity index (χ0n) is 17.2. The Hall–Kier alpha value is -3.32. The van der Waals surface area contributed by atoms with Crippen LogP contribution in [-0.2, 0) is 4.79 Å². The molecule has 0 spiro atoms. The van der Waals surface area contributed by atoms with Crippen LogP contribution in [0, 0.1) is 5.92 Å². The van der Waals surface area contributed by atoms with E-state index in [0.717, 1.165) is 5.39 Å². The summed E-state index contributed by atoms with van der Waals surface area (Å²) in [6.45, 7) is 3.54. The number of hydrogen-bond acceptors (Lipinski definition) is 6. The van der Waals surface area contributed by atoms with Gasteiger partial charge in [-0.3, -0.25) is 4.79 Å². The maximum absolute atomic E-state index is 12.5. The molecule has 0 radical (unpaired) electrons. The number of hydrogen-bond donors (Lipinski definition) is 2. The van der Waals surface area contributed by atoms with Gasteiger partial charge in [0.15, 0.2) is 17.9 Å². The van der Waals surface area contributed by atoms with E-state index < -0.39 is 5.63 Å². The van der Waals surface area contributed by atoms with Gasteiger partial charge in [-0.05, 0) is 35.7 Å². The highest BCUT2D eigenvalue weighted by atomic mass is 16.5. The molecule has 1 atom stereocenters. The first kappa shape index (κ1) is 21.4. The van der Waals surface area contributed by atoms with E-state index in [4.69, 9.17) is 13.9 Å². The van der Waals surface area contributed by atoms with Crippen LogP contribution < -0.4 is 20.4 Å². The quantitative estimate of drug-likeness (QED) is 0.553. The van der Waals surface area contributed by atoms with E-state index in [2.05, 4.69) is 5.32 Å². The average molecular weight is 411 g/mol. The summed E-state index contributed by atoms with van der Waals surface area (Å²) in [5, 5.41) is 12.8. The fraction of sp³-hybridized carbons (Fsp3) is 0.304. The van der Waals surface area contributed by atoms with Crippen LogP contribution in [0.15, 0.2) is 57.7 Å². The fourth-order valence-corrected chi connectivity index (χ4v) is 3.03. The van der Waals surface area contributed by atoms with Crippen LogP contribution in [0.2, 0.25) is 0 Å². The van der Waals surface area contributed by atoms with E-state index in [0.29, 0.717) is 28.2 Å². The van der Waals surface area contributed by atoms with Crippen molar-refractivity contribution < 1.29 is 23.8 Å². The summed E-state index contributed by atoms with van der Waals surface area (Å²) in [4.78, 5) is 24.4. The van der Waals surface area contributed by atoms with Gasteiger partial charge in [-0.1, -0.05) is 38.1 Å². The molecular weight excluding hydrogens is 386 g/mol. The maximum atomic E-state index is 12.5. The third-order valence-electron chi connectivity index (χ3n) is 4.83. The Morgan fingerprint density at radius 2 is 1.90 bits per heavy atom. The minimum Gasteiger partial charge on any atom is -0.493 e. The molecule has 0 saturated carbocycles. The number of para-hydroxylation sites is 1. The standard InChI is InChI=1S/C23H25NO6/c1-14(2)19(12-25)24-21(26)13-29-17-9-7-15(8-10-17)18-11-16-5-4-6-20(28-3)22(16)30-23(18)27/h4-11,14,19,25H,12-13H2,1-3H3,(H,24,26)/t19-/m1/s1. The normalized spacial score (nSPS) is 12.0. The van der Waals surface area contributed by atoms with Gasteiger partial charge in [0.2, 0.25) is 0 Å². The van der Waals surface area contributed by atoms with Crippen LogP contribution >= 0.6 is 0 Å². The maximum Gasteiger partial charge on any atom is 0.344 e. The molecule has 0 bridgehead atoms. The number of aliphatic hydroxyl groups is 1. The summed E-state index contributed by atoms with van der Waals surface area (Å²) < 4.78 is 16.2. The minimum absolute atomic E-state index is 0.117. The van der Waals surface area contributed by atoms with Crippen LogP contribution in [0.3, 0.4) is 0 Å². The topological polar surface area (TPSA) is 98.0 Å². The molecule has 0 unspecified atom stereocenters. The second-order valence-corrected chi connectivity index (χ2v) is 7.24. The predicted molar refractivity (Wildman–Crippen MR) is 114 cm³/mol. The van der Waals surface area contributed by atoms with Gasteiger partial charge in [0.25, 0.3) is 5.91 Å². The van der Waals surface area contributed by atoms with E-state index in [1.54, 1.807) is 36.4 Å². The number of aliphatic hydroxyl groups excluding tert-OH is 1. The third kappa shape index (κ3) is 4.80. The van der Waals surface area contributed by atoms with E-state index in [1.807, 2.05) is 26.0 Å². The summed E-state index contributed by atoms with van der Waals surface area (Å²) in [5.74, 6) is 0.799. The largest absolute Gasteiger partial charge is 0.493 e. The predicted octanol–water partition coefficient (Wildman–Crippen LogP) is 2.98. The number of benzene rings is 2. The van der Waals surface area contributed by atoms with E-state index in [1.165, 1.54) is 7.11 Å². The lowest BCUT2D eigenvalue weighted by Gasteiger charge is -2.19. The molecule has 0 aliphatic rings. The molecule has 1 heterocycles. The second-order valence-electron chi connectivity index (χ2n) is 7.24. The van der Waals surface area contributed by atoms with Crippen molar-refractivity contribution >= 4 is 16.9 Å². The Bertz CT molecular complexity index is 1070. The number of fused-ring (bicyclic) bond motifs is 1. The van der Waals surface area contributed by atoms with Gasteiger partial charge >= 0.3 is 5.63 Å². The summed E-state index contributed by atoms with van der Waals surface area (Å²) in [7, 11) is 1.52. The van der Waals surface area contributed by atoms with Crippen LogP contribution in [0.5, 0.6) is 11.5 Å². The van der Waals surface area contributed by atoms with Gasteiger partial charge in [0.1, 0.15) is 5.75 Å². The molecular formula is C23H25NO6. The molecule has 3 aromatic rings. The summed E-state index contributed by atoms with van der Waals surface area (Å²) in [6.07, 6.45) is 0.